The lowest BCUT2D eigenvalue weighted by Crippen LogP contribution is -2.12. The summed E-state index contributed by atoms with van der Waals surface area (Å²) in [6, 6.07) is 15.3. The van der Waals surface area contributed by atoms with Crippen LogP contribution in [0, 0.1) is 5.82 Å². The maximum Gasteiger partial charge on any atom is 0.224 e. The minimum Gasteiger partial charge on any atom is -0.490 e. The van der Waals surface area contributed by atoms with E-state index in [0.29, 0.717) is 53.9 Å². The third kappa shape index (κ3) is 4.17. The molecule has 6 heteroatoms. The van der Waals surface area contributed by atoms with Crippen molar-refractivity contribution in [3.8, 4) is 22.8 Å². The molecule has 28 heavy (non-hydrogen) atoms. The van der Waals surface area contributed by atoms with Crippen molar-refractivity contribution in [1.82, 2.24) is 0 Å². The van der Waals surface area contributed by atoms with Crippen molar-refractivity contribution in [3.63, 3.8) is 0 Å². The number of hydrogen-bond donors (Lipinski definition) is 1. The van der Waals surface area contributed by atoms with E-state index in [4.69, 9.17) is 13.9 Å². The SMILES string of the molecule is O=C(CCc1ccc(-c2ccccc2F)o1)Nc1ccc2c(c1)OCCCO2. The molecule has 4 rings (SSSR count). The molecule has 0 atom stereocenters. The molecule has 1 amide bonds. The van der Waals surface area contributed by atoms with Gasteiger partial charge < -0.3 is 19.2 Å². The Kier molecular flexibility index (Phi) is 5.28. The van der Waals surface area contributed by atoms with E-state index in [1.165, 1.54) is 6.07 Å². The van der Waals surface area contributed by atoms with Crippen molar-refractivity contribution >= 4 is 11.6 Å². The highest BCUT2D eigenvalue weighted by Crippen LogP contribution is 2.32. The third-order valence-electron chi connectivity index (χ3n) is 4.43. The van der Waals surface area contributed by atoms with Gasteiger partial charge in [-0.15, -0.1) is 0 Å². The highest BCUT2D eigenvalue weighted by molar-refractivity contribution is 5.91. The molecule has 0 spiro atoms. The number of halogens is 1. The second-order valence-electron chi connectivity index (χ2n) is 6.51. The molecule has 0 unspecified atom stereocenters. The number of rotatable bonds is 5. The molecule has 0 saturated heterocycles. The standard InChI is InChI=1S/C22H20FNO4/c23-18-5-2-1-4-17(18)19-10-7-16(28-19)8-11-22(25)24-15-6-9-20-21(14-15)27-13-3-12-26-20/h1-2,4-7,9-10,14H,3,8,11-13H2,(H,24,25). The zero-order valence-corrected chi connectivity index (χ0v) is 15.2. The normalized spacial score (nSPS) is 13.0. The van der Waals surface area contributed by atoms with Gasteiger partial charge in [-0.1, -0.05) is 12.1 Å². The van der Waals surface area contributed by atoms with Crippen LogP contribution in [0.5, 0.6) is 11.5 Å². The largest absolute Gasteiger partial charge is 0.490 e. The number of carbonyl (C=O) groups excluding carboxylic acids is 1. The molecule has 2 aromatic carbocycles. The smallest absolute Gasteiger partial charge is 0.224 e. The molecule has 5 nitrogen and oxygen atoms in total. The fourth-order valence-corrected chi connectivity index (χ4v) is 3.02. The first-order chi connectivity index (χ1) is 13.7. The second-order valence-corrected chi connectivity index (χ2v) is 6.51. The van der Waals surface area contributed by atoms with Crippen LogP contribution < -0.4 is 14.8 Å². The van der Waals surface area contributed by atoms with Crippen LogP contribution >= 0.6 is 0 Å². The molecule has 3 aromatic rings. The van der Waals surface area contributed by atoms with E-state index in [1.54, 1.807) is 48.5 Å². The number of benzene rings is 2. The summed E-state index contributed by atoms with van der Waals surface area (Å²) in [5.41, 5.74) is 1.06. The lowest BCUT2D eigenvalue weighted by Gasteiger charge is -2.10. The molecule has 0 bridgehead atoms. The Balaban J connectivity index is 1.35. The highest BCUT2D eigenvalue weighted by Gasteiger charge is 2.13. The summed E-state index contributed by atoms with van der Waals surface area (Å²) >= 11 is 0. The minimum atomic E-state index is -0.337. The maximum absolute atomic E-state index is 13.8. The molecule has 0 aliphatic carbocycles. The van der Waals surface area contributed by atoms with Gasteiger partial charge in [-0.3, -0.25) is 4.79 Å². The summed E-state index contributed by atoms with van der Waals surface area (Å²) in [5.74, 6) is 1.93. The Labute approximate surface area is 162 Å². The number of ether oxygens (including phenoxy) is 2. The van der Waals surface area contributed by atoms with Gasteiger partial charge in [0.05, 0.1) is 18.8 Å². The Bertz CT molecular complexity index is 982. The molecule has 0 radical (unpaired) electrons. The fourth-order valence-electron chi connectivity index (χ4n) is 3.02. The van der Waals surface area contributed by atoms with Crippen LogP contribution in [0.1, 0.15) is 18.6 Å². The van der Waals surface area contributed by atoms with Crippen LogP contribution in [0.4, 0.5) is 10.1 Å². The van der Waals surface area contributed by atoms with Crippen molar-refractivity contribution in [1.29, 1.82) is 0 Å². The average Bonchev–Trinajstić information content (AvgIpc) is 3.04. The van der Waals surface area contributed by atoms with E-state index in [2.05, 4.69) is 5.32 Å². The van der Waals surface area contributed by atoms with Gasteiger partial charge in [-0.25, -0.2) is 4.39 Å². The monoisotopic (exact) mass is 381 g/mol. The summed E-state index contributed by atoms with van der Waals surface area (Å²) in [6.07, 6.45) is 1.50. The van der Waals surface area contributed by atoms with E-state index in [-0.39, 0.29) is 18.1 Å². The zero-order chi connectivity index (χ0) is 19.3. The van der Waals surface area contributed by atoms with Crippen LogP contribution in [0.15, 0.2) is 59.0 Å². The number of hydrogen-bond acceptors (Lipinski definition) is 4. The molecule has 2 heterocycles. The summed E-state index contributed by atoms with van der Waals surface area (Å²) in [5, 5.41) is 2.85. The molecular formula is C22H20FNO4. The predicted octanol–water partition coefficient (Wildman–Crippen LogP) is 4.82. The van der Waals surface area contributed by atoms with Crippen LogP contribution in [0.2, 0.25) is 0 Å². The topological polar surface area (TPSA) is 60.7 Å². The number of carbonyl (C=O) groups is 1. The number of fused-ring (bicyclic) bond motifs is 1. The first kappa shape index (κ1) is 18.1. The summed E-state index contributed by atoms with van der Waals surface area (Å²) < 4.78 is 30.7. The van der Waals surface area contributed by atoms with E-state index < -0.39 is 0 Å². The Morgan fingerprint density at radius 2 is 1.82 bits per heavy atom. The van der Waals surface area contributed by atoms with Crippen LogP contribution in [0.25, 0.3) is 11.3 Å². The van der Waals surface area contributed by atoms with Gasteiger partial charge in [0.2, 0.25) is 5.91 Å². The van der Waals surface area contributed by atoms with E-state index in [1.807, 2.05) is 0 Å². The Morgan fingerprint density at radius 3 is 2.68 bits per heavy atom. The van der Waals surface area contributed by atoms with Gasteiger partial charge in [0.25, 0.3) is 0 Å². The Morgan fingerprint density at radius 1 is 1.00 bits per heavy atom. The van der Waals surface area contributed by atoms with Crippen LogP contribution in [-0.2, 0) is 11.2 Å². The van der Waals surface area contributed by atoms with Crippen LogP contribution in [0.3, 0.4) is 0 Å². The van der Waals surface area contributed by atoms with Crippen molar-refractivity contribution < 1.29 is 23.1 Å². The van der Waals surface area contributed by atoms with E-state index in [0.717, 1.165) is 6.42 Å². The molecule has 1 aromatic heterocycles. The summed E-state index contributed by atoms with van der Waals surface area (Å²) in [4.78, 5) is 12.3. The van der Waals surface area contributed by atoms with Crippen molar-refractivity contribution in [2.24, 2.45) is 0 Å². The molecular weight excluding hydrogens is 361 g/mol. The number of anilines is 1. The molecule has 0 saturated carbocycles. The van der Waals surface area contributed by atoms with Gasteiger partial charge in [0.15, 0.2) is 11.5 Å². The summed E-state index contributed by atoms with van der Waals surface area (Å²) in [6.45, 7) is 1.21. The minimum absolute atomic E-state index is 0.140. The molecule has 144 valence electrons. The summed E-state index contributed by atoms with van der Waals surface area (Å²) in [7, 11) is 0. The van der Waals surface area contributed by atoms with Crippen molar-refractivity contribution in [3.05, 3.63) is 66.2 Å². The first-order valence-electron chi connectivity index (χ1n) is 9.22. The zero-order valence-electron chi connectivity index (χ0n) is 15.2. The van der Waals surface area contributed by atoms with Gasteiger partial charge >= 0.3 is 0 Å². The van der Waals surface area contributed by atoms with E-state index in [9.17, 15) is 9.18 Å². The molecule has 1 aliphatic rings. The number of furan rings is 1. The lowest BCUT2D eigenvalue weighted by molar-refractivity contribution is -0.116. The van der Waals surface area contributed by atoms with Crippen LogP contribution in [-0.4, -0.2) is 19.1 Å². The first-order valence-corrected chi connectivity index (χ1v) is 9.22. The quantitative estimate of drug-likeness (QED) is 0.688. The second kappa shape index (κ2) is 8.17. The van der Waals surface area contributed by atoms with E-state index >= 15 is 0 Å². The number of amides is 1. The molecule has 0 fully saturated rings. The number of nitrogens with one attached hydrogen (secondary N) is 1. The Hall–Kier alpha value is -3.28. The third-order valence-corrected chi connectivity index (χ3v) is 4.43. The maximum atomic E-state index is 13.8. The lowest BCUT2D eigenvalue weighted by atomic mass is 10.1. The number of aryl methyl sites for hydroxylation is 1. The van der Waals surface area contributed by atoms with Crippen molar-refractivity contribution in [2.45, 2.75) is 19.3 Å². The van der Waals surface area contributed by atoms with Gasteiger partial charge in [-0.2, -0.15) is 0 Å². The average molecular weight is 381 g/mol. The predicted molar refractivity (Wildman–Crippen MR) is 103 cm³/mol. The highest BCUT2D eigenvalue weighted by atomic mass is 19.1. The molecule has 1 aliphatic heterocycles. The van der Waals surface area contributed by atoms with Gasteiger partial charge in [-0.05, 0) is 36.4 Å². The van der Waals surface area contributed by atoms with Gasteiger partial charge in [0, 0.05) is 31.0 Å². The van der Waals surface area contributed by atoms with Gasteiger partial charge in [0.1, 0.15) is 17.3 Å². The fraction of sp³-hybridized carbons (Fsp3) is 0.227. The molecule has 1 N–H and O–H groups in total. The van der Waals surface area contributed by atoms with Crippen molar-refractivity contribution in [2.75, 3.05) is 18.5 Å².